The highest BCUT2D eigenvalue weighted by molar-refractivity contribution is 5.98. The van der Waals surface area contributed by atoms with Crippen molar-refractivity contribution in [2.45, 2.75) is 19.3 Å². The summed E-state index contributed by atoms with van der Waals surface area (Å²) in [6.45, 7) is 1.97. The smallest absolute Gasteiger partial charge is 0.257 e. The van der Waals surface area contributed by atoms with E-state index in [1.807, 2.05) is 30.3 Å². The molecule has 158 valence electrons. The number of hydrogen-bond acceptors (Lipinski definition) is 4. The molecule has 2 amide bonds. The van der Waals surface area contributed by atoms with E-state index in [9.17, 15) is 9.59 Å². The van der Waals surface area contributed by atoms with Gasteiger partial charge in [0.2, 0.25) is 5.91 Å². The number of likely N-dealkylation sites (tertiary alicyclic amines) is 1. The van der Waals surface area contributed by atoms with E-state index in [1.54, 1.807) is 11.0 Å². The van der Waals surface area contributed by atoms with Gasteiger partial charge in [0.1, 0.15) is 6.26 Å². The molecule has 2 aliphatic rings. The fourth-order valence-electron chi connectivity index (χ4n) is 4.58. The summed E-state index contributed by atoms with van der Waals surface area (Å²) < 4.78 is 5.04. The van der Waals surface area contributed by atoms with Crippen LogP contribution in [-0.2, 0) is 11.2 Å². The number of fused-ring (bicyclic) bond motifs is 1. The molecule has 5 rings (SSSR count). The number of nitrogens with zero attached hydrogens (tertiary/aromatic N) is 2. The van der Waals surface area contributed by atoms with Gasteiger partial charge >= 0.3 is 0 Å². The van der Waals surface area contributed by atoms with Crippen molar-refractivity contribution in [2.24, 2.45) is 5.92 Å². The number of rotatable bonds is 4. The lowest BCUT2D eigenvalue weighted by Gasteiger charge is -2.32. The second kappa shape index (κ2) is 8.30. The van der Waals surface area contributed by atoms with Crippen molar-refractivity contribution in [1.29, 1.82) is 0 Å². The molecule has 1 unspecified atom stereocenters. The van der Waals surface area contributed by atoms with Crippen LogP contribution >= 0.6 is 0 Å². The van der Waals surface area contributed by atoms with Crippen LogP contribution in [0.4, 0.5) is 17.1 Å². The molecule has 3 aromatic rings. The highest BCUT2D eigenvalue weighted by atomic mass is 16.3. The summed E-state index contributed by atoms with van der Waals surface area (Å²) >= 11 is 0. The van der Waals surface area contributed by atoms with Crippen molar-refractivity contribution in [3.63, 3.8) is 0 Å². The molecule has 3 heterocycles. The van der Waals surface area contributed by atoms with Gasteiger partial charge in [0, 0.05) is 25.3 Å². The van der Waals surface area contributed by atoms with Crippen molar-refractivity contribution in [1.82, 2.24) is 4.90 Å². The van der Waals surface area contributed by atoms with E-state index >= 15 is 0 Å². The zero-order valence-corrected chi connectivity index (χ0v) is 17.3. The largest absolute Gasteiger partial charge is 0.472 e. The summed E-state index contributed by atoms with van der Waals surface area (Å²) in [5, 5.41) is 3.15. The first-order chi connectivity index (χ1) is 15.2. The molecule has 31 heavy (non-hydrogen) atoms. The quantitative estimate of drug-likeness (QED) is 0.683. The van der Waals surface area contributed by atoms with Gasteiger partial charge in [-0.05, 0) is 49.1 Å². The number of amides is 2. The lowest BCUT2D eigenvalue weighted by Crippen LogP contribution is -2.43. The zero-order chi connectivity index (χ0) is 21.2. The minimum Gasteiger partial charge on any atom is -0.472 e. The lowest BCUT2D eigenvalue weighted by molar-refractivity contribution is -0.121. The molecular weight excluding hydrogens is 390 g/mol. The van der Waals surface area contributed by atoms with Crippen LogP contribution in [0.25, 0.3) is 0 Å². The minimum atomic E-state index is -0.233. The maximum absolute atomic E-state index is 13.1. The first-order valence-electron chi connectivity index (χ1n) is 10.8. The van der Waals surface area contributed by atoms with Crippen LogP contribution in [0.5, 0.6) is 0 Å². The summed E-state index contributed by atoms with van der Waals surface area (Å²) in [7, 11) is 0. The Hall–Kier alpha value is -3.54. The van der Waals surface area contributed by atoms with Crippen LogP contribution in [0.15, 0.2) is 71.5 Å². The molecule has 6 heteroatoms. The first kappa shape index (κ1) is 19.4. The number of nitrogens with one attached hydrogen (secondary N) is 1. The van der Waals surface area contributed by atoms with Crippen LogP contribution < -0.4 is 10.2 Å². The number of anilines is 3. The van der Waals surface area contributed by atoms with Crippen molar-refractivity contribution in [3.05, 3.63) is 78.3 Å². The van der Waals surface area contributed by atoms with E-state index in [0.29, 0.717) is 18.7 Å². The molecule has 1 atom stereocenters. The second-order valence-electron chi connectivity index (χ2n) is 8.14. The molecule has 2 aromatic carbocycles. The van der Waals surface area contributed by atoms with Crippen LogP contribution in [0, 0.1) is 5.92 Å². The van der Waals surface area contributed by atoms with Gasteiger partial charge in [-0.1, -0.05) is 30.3 Å². The highest BCUT2D eigenvalue weighted by Crippen LogP contribution is 2.38. The number of piperidine rings is 1. The van der Waals surface area contributed by atoms with Gasteiger partial charge in [-0.2, -0.15) is 0 Å². The standard InChI is InChI=1S/C25H25N3O3/c29-24(19-7-5-13-27(16-19)25(30)20-12-15-31-17-20)26-21-8-2-4-10-23(21)28-14-11-18-6-1-3-9-22(18)28/h1-4,6,8-10,12,15,17,19H,5,7,11,13-14,16H2,(H,26,29). The number of furan rings is 1. The monoisotopic (exact) mass is 415 g/mol. The third kappa shape index (κ3) is 3.81. The topological polar surface area (TPSA) is 65.8 Å². The van der Waals surface area contributed by atoms with Crippen LogP contribution in [-0.4, -0.2) is 36.3 Å². The van der Waals surface area contributed by atoms with Gasteiger partial charge in [0.05, 0.1) is 29.1 Å². The number of carbonyl (C=O) groups is 2. The molecule has 0 aliphatic carbocycles. The van der Waals surface area contributed by atoms with E-state index < -0.39 is 0 Å². The Bertz CT molecular complexity index is 1090. The van der Waals surface area contributed by atoms with Crippen molar-refractivity contribution in [3.8, 4) is 0 Å². The Labute approximate surface area is 181 Å². The van der Waals surface area contributed by atoms with Gasteiger partial charge in [0.25, 0.3) is 5.91 Å². The summed E-state index contributed by atoms with van der Waals surface area (Å²) in [5.41, 5.74) is 4.85. The second-order valence-corrected chi connectivity index (χ2v) is 8.14. The number of hydrogen-bond donors (Lipinski definition) is 1. The maximum Gasteiger partial charge on any atom is 0.257 e. The SMILES string of the molecule is O=C(Nc1ccccc1N1CCc2ccccc21)C1CCCN(C(=O)c2ccoc2)C1. The Morgan fingerprint density at radius 2 is 1.77 bits per heavy atom. The molecule has 0 radical (unpaired) electrons. The number of benzene rings is 2. The van der Waals surface area contributed by atoms with E-state index in [1.165, 1.54) is 23.8 Å². The van der Waals surface area contributed by atoms with E-state index in [-0.39, 0.29) is 17.7 Å². The van der Waals surface area contributed by atoms with Gasteiger partial charge in [-0.15, -0.1) is 0 Å². The fourth-order valence-corrected chi connectivity index (χ4v) is 4.58. The van der Waals surface area contributed by atoms with Crippen LogP contribution in [0.1, 0.15) is 28.8 Å². The first-order valence-corrected chi connectivity index (χ1v) is 10.8. The van der Waals surface area contributed by atoms with E-state index in [2.05, 4.69) is 28.4 Å². The summed E-state index contributed by atoms with van der Waals surface area (Å²) in [5.74, 6) is -0.353. The Morgan fingerprint density at radius 1 is 0.968 bits per heavy atom. The third-order valence-electron chi connectivity index (χ3n) is 6.19. The predicted molar refractivity (Wildman–Crippen MR) is 120 cm³/mol. The van der Waals surface area contributed by atoms with E-state index in [4.69, 9.17) is 4.42 Å². The van der Waals surface area contributed by atoms with Crippen molar-refractivity contribution >= 4 is 28.9 Å². The van der Waals surface area contributed by atoms with Gasteiger partial charge < -0.3 is 19.5 Å². The molecule has 0 saturated carbocycles. The van der Waals surface area contributed by atoms with Gasteiger partial charge in [0.15, 0.2) is 0 Å². The minimum absolute atomic E-state index is 0.0374. The lowest BCUT2D eigenvalue weighted by atomic mass is 9.96. The fraction of sp³-hybridized carbons (Fsp3) is 0.280. The van der Waals surface area contributed by atoms with E-state index in [0.717, 1.165) is 37.2 Å². The van der Waals surface area contributed by atoms with Crippen LogP contribution in [0.2, 0.25) is 0 Å². The molecular formula is C25H25N3O3. The van der Waals surface area contributed by atoms with Crippen LogP contribution in [0.3, 0.4) is 0 Å². The average Bonchev–Trinajstić information content (AvgIpc) is 3.49. The third-order valence-corrected chi connectivity index (χ3v) is 6.19. The molecule has 1 aromatic heterocycles. The Balaban J connectivity index is 1.32. The Kier molecular flexibility index (Phi) is 5.20. The molecule has 0 bridgehead atoms. The summed E-state index contributed by atoms with van der Waals surface area (Å²) in [6, 6.07) is 18.0. The number of para-hydroxylation sites is 3. The number of carbonyl (C=O) groups excluding carboxylic acids is 2. The van der Waals surface area contributed by atoms with Crippen molar-refractivity contribution < 1.29 is 14.0 Å². The molecule has 1 saturated heterocycles. The van der Waals surface area contributed by atoms with Crippen molar-refractivity contribution in [2.75, 3.05) is 29.9 Å². The molecule has 0 spiro atoms. The summed E-state index contributed by atoms with van der Waals surface area (Å²) in [4.78, 5) is 29.8. The Morgan fingerprint density at radius 3 is 2.61 bits per heavy atom. The molecule has 1 fully saturated rings. The highest BCUT2D eigenvalue weighted by Gasteiger charge is 2.30. The zero-order valence-electron chi connectivity index (χ0n) is 17.3. The normalized spacial score (nSPS) is 18.0. The molecule has 1 N–H and O–H groups in total. The average molecular weight is 415 g/mol. The summed E-state index contributed by atoms with van der Waals surface area (Å²) in [6.07, 6.45) is 5.52. The maximum atomic E-state index is 13.1. The molecule has 2 aliphatic heterocycles. The predicted octanol–water partition coefficient (Wildman–Crippen LogP) is 4.46. The van der Waals surface area contributed by atoms with Gasteiger partial charge in [-0.3, -0.25) is 9.59 Å². The molecule has 6 nitrogen and oxygen atoms in total. The van der Waals surface area contributed by atoms with Gasteiger partial charge in [-0.25, -0.2) is 0 Å².